The van der Waals surface area contributed by atoms with E-state index in [1.165, 1.54) is 0 Å². The summed E-state index contributed by atoms with van der Waals surface area (Å²) in [4.78, 5) is 34.0. The fraction of sp³-hybridized carbons (Fsp3) is 0.444. The second-order valence-corrected chi connectivity index (χ2v) is 2.94. The largest absolute Gasteiger partial charge is 0.508 e. The Balaban J connectivity index is 2.41. The van der Waals surface area contributed by atoms with Crippen molar-refractivity contribution in [2.75, 3.05) is 13.2 Å². The molecular weight excluding hydrogens is 216 g/mol. The first-order valence-corrected chi connectivity index (χ1v) is 4.66. The summed E-state index contributed by atoms with van der Waals surface area (Å²) in [6.45, 7) is 1.51. The van der Waals surface area contributed by atoms with Gasteiger partial charge in [-0.1, -0.05) is 0 Å². The number of ether oxygens (including phenoxy) is 2. The van der Waals surface area contributed by atoms with Crippen LogP contribution in [0.2, 0.25) is 0 Å². The van der Waals surface area contributed by atoms with E-state index in [1.54, 1.807) is 6.92 Å². The maximum absolute atomic E-state index is 11.2. The number of carbonyl (C=O) groups is 3. The molecule has 0 bridgehead atoms. The molecule has 0 aromatic rings. The first-order chi connectivity index (χ1) is 7.56. The predicted molar refractivity (Wildman–Crippen MR) is 51.9 cm³/mol. The highest BCUT2D eigenvalue weighted by molar-refractivity contribution is 6.13. The van der Waals surface area contributed by atoms with Crippen LogP contribution in [0.4, 0.5) is 4.79 Å². The lowest BCUT2D eigenvalue weighted by Crippen LogP contribution is -2.48. The lowest BCUT2D eigenvalue weighted by atomic mass is 10.4. The number of amides is 2. The second kappa shape index (κ2) is 5.26. The molecule has 2 amide bonds. The molecule has 0 aromatic carbocycles. The lowest BCUT2D eigenvalue weighted by Gasteiger charge is -2.21. The number of hydrogen-bond donors (Lipinski definition) is 1. The molecular formula is C9H12N2O5. The van der Waals surface area contributed by atoms with Crippen LogP contribution in [0.15, 0.2) is 12.2 Å². The molecule has 1 unspecified atom stereocenters. The minimum absolute atomic E-state index is 0.178. The van der Waals surface area contributed by atoms with E-state index in [9.17, 15) is 14.4 Å². The number of nitrogens with zero attached hydrogens (tertiary/aromatic N) is 1. The van der Waals surface area contributed by atoms with Gasteiger partial charge in [-0.05, 0) is 6.92 Å². The quantitative estimate of drug-likeness (QED) is 0.508. The molecule has 0 aromatic heterocycles. The Morgan fingerprint density at radius 3 is 2.44 bits per heavy atom. The first kappa shape index (κ1) is 12.2. The van der Waals surface area contributed by atoms with Gasteiger partial charge in [-0.15, -0.1) is 0 Å². The molecule has 88 valence electrons. The highest BCUT2D eigenvalue weighted by Gasteiger charge is 2.29. The van der Waals surface area contributed by atoms with Gasteiger partial charge in [0.15, 0.2) is 0 Å². The zero-order valence-corrected chi connectivity index (χ0v) is 8.71. The van der Waals surface area contributed by atoms with Crippen molar-refractivity contribution in [1.82, 2.24) is 4.90 Å². The van der Waals surface area contributed by atoms with E-state index in [0.29, 0.717) is 0 Å². The van der Waals surface area contributed by atoms with Gasteiger partial charge in [-0.3, -0.25) is 14.5 Å². The third kappa shape index (κ3) is 2.80. The van der Waals surface area contributed by atoms with Gasteiger partial charge in [0.05, 0.1) is 6.61 Å². The second-order valence-electron chi connectivity index (χ2n) is 2.94. The average Bonchev–Trinajstić information content (AvgIpc) is 2.56. The normalized spacial score (nSPS) is 16.5. The third-order valence-corrected chi connectivity index (χ3v) is 1.81. The molecule has 0 saturated carbocycles. The Hall–Kier alpha value is -1.89. The molecule has 0 saturated heterocycles. The summed E-state index contributed by atoms with van der Waals surface area (Å²) in [5, 5.41) is 0. The molecule has 7 heteroatoms. The van der Waals surface area contributed by atoms with Crippen LogP contribution in [0.1, 0.15) is 6.92 Å². The van der Waals surface area contributed by atoms with Gasteiger partial charge in [-0.25, -0.2) is 4.79 Å². The van der Waals surface area contributed by atoms with E-state index in [4.69, 9.17) is 5.73 Å². The molecule has 1 heterocycles. The van der Waals surface area contributed by atoms with Crippen LogP contribution in [0, 0.1) is 0 Å². The molecule has 2 N–H and O–H groups in total. The van der Waals surface area contributed by atoms with E-state index >= 15 is 0 Å². The Bertz CT molecular complexity index is 321. The van der Waals surface area contributed by atoms with Crippen molar-refractivity contribution in [2.24, 2.45) is 5.73 Å². The maximum atomic E-state index is 11.2. The zero-order valence-electron chi connectivity index (χ0n) is 8.71. The summed E-state index contributed by atoms with van der Waals surface area (Å²) >= 11 is 0. The van der Waals surface area contributed by atoms with E-state index in [1.807, 2.05) is 0 Å². The molecule has 1 aliphatic rings. The van der Waals surface area contributed by atoms with Gasteiger partial charge in [-0.2, -0.15) is 0 Å². The predicted octanol–water partition coefficient (Wildman–Crippen LogP) is -0.631. The van der Waals surface area contributed by atoms with Crippen molar-refractivity contribution < 1.29 is 23.9 Å². The van der Waals surface area contributed by atoms with Crippen molar-refractivity contribution in [3.63, 3.8) is 0 Å². The Morgan fingerprint density at radius 2 is 1.94 bits per heavy atom. The molecule has 1 rings (SSSR count). The maximum Gasteiger partial charge on any atom is 0.508 e. The summed E-state index contributed by atoms with van der Waals surface area (Å²) in [7, 11) is 0. The van der Waals surface area contributed by atoms with Crippen LogP contribution >= 0.6 is 0 Å². The summed E-state index contributed by atoms with van der Waals surface area (Å²) in [6, 6.07) is 0. The van der Waals surface area contributed by atoms with E-state index in [0.717, 1.165) is 17.1 Å². The Morgan fingerprint density at radius 1 is 1.38 bits per heavy atom. The summed E-state index contributed by atoms with van der Waals surface area (Å²) in [5.41, 5.74) is 5.52. The standard InChI is InChI=1S/C9H12N2O5/c1-2-15-9(14)16-5-6(10)11-7(12)3-4-8(11)13/h3-4,6H,2,5,10H2,1H3. The number of nitrogens with two attached hydrogens (primary N) is 1. The molecule has 0 fully saturated rings. The average molecular weight is 228 g/mol. The first-order valence-electron chi connectivity index (χ1n) is 4.66. The molecule has 0 radical (unpaired) electrons. The highest BCUT2D eigenvalue weighted by Crippen LogP contribution is 2.06. The van der Waals surface area contributed by atoms with Gasteiger partial charge in [0.25, 0.3) is 11.8 Å². The topological polar surface area (TPSA) is 98.9 Å². The summed E-state index contributed by atoms with van der Waals surface area (Å²) < 4.78 is 9.08. The third-order valence-electron chi connectivity index (χ3n) is 1.81. The van der Waals surface area contributed by atoms with E-state index in [2.05, 4.69) is 9.47 Å². The van der Waals surface area contributed by atoms with Crippen LogP contribution in [0.25, 0.3) is 0 Å². The van der Waals surface area contributed by atoms with Crippen LogP contribution in [0.3, 0.4) is 0 Å². The van der Waals surface area contributed by atoms with Crippen molar-refractivity contribution in [1.29, 1.82) is 0 Å². The molecule has 1 aliphatic heterocycles. The van der Waals surface area contributed by atoms with Gasteiger partial charge >= 0.3 is 6.16 Å². The van der Waals surface area contributed by atoms with Gasteiger partial charge < -0.3 is 15.2 Å². The zero-order chi connectivity index (χ0) is 12.1. The molecule has 7 nitrogen and oxygen atoms in total. The molecule has 0 spiro atoms. The fourth-order valence-corrected chi connectivity index (χ4v) is 1.13. The summed E-state index contributed by atoms with van der Waals surface area (Å²) in [6.07, 6.45) is 0.323. The van der Waals surface area contributed by atoms with Crippen LogP contribution in [0.5, 0.6) is 0 Å². The molecule has 16 heavy (non-hydrogen) atoms. The molecule has 1 atom stereocenters. The van der Waals surface area contributed by atoms with Gasteiger partial charge in [0, 0.05) is 12.2 Å². The monoisotopic (exact) mass is 228 g/mol. The smallest absolute Gasteiger partial charge is 0.435 e. The van der Waals surface area contributed by atoms with Crippen LogP contribution in [-0.4, -0.2) is 42.2 Å². The van der Waals surface area contributed by atoms with E-state index < -0.39 is 24.1 Å². The van der Waals surface area contributed by atoms with Crippen molar-refractivity contribution in [3.05, 3.63) is 12.2 Å². The van der Waals surface area contributed by atoms with Gasteiger partial charge in [0.2, 0.25) is 0 Å². The highest BCUT2D eigenvalue weighted by atomic mass is 16.7. The van der Waals surface area contributed by atoms with Gasteiger partial charge in [0.1, 0.15) is 12.8 Å². The fourth-order valence-electron chi connectivity index (χ4n) is 1.13. The van der Waals surface area contributed by atoms with Crippen molar-refractivity contribution in [2.45, 2.75) is 13.1 Å². The SMILES string of the molecule is CCOC(=O)OCC(N)N1C(=O)C=CC1=O. The van der Waals surface area contributed by atoms with Crippen LogP contribution in [-0.2, 0) is 19.1 Å². The van der Waals surface area contributed by atoms with Crippen molar-refractivity contribution >= 4 is 18.0 Å². The van der Waals surface area contributed by atoms with E-state index in [-0.39, 0.29) is 13.2 Å². The number of rotatable bonds is 4. The Labute approximate surface area is 91.8 Å². The lowest BCUT2D eigenvalue weighted by molar-refractivity contribution is -0.140. The molecule has 0 aliphatic carbocycles. The van der Waals surface area contributed by atoms with Crippen LogP contribution < -0.4 is 5.73 Å². The summed E-state index contributed by atoms with van der Waals surface area (Å²) in [5.74, 6) is -1.05. The number of hydrogen-bond acceptors (Lipinski definition) is 6. The Kier molecular flexibility index (Phi) is 4.01. The number of carbonyl (C=O) groups excluding carboxylic acids is 3. The minimum Gasteiger partial charge on any atom is -0.435 e. The minimum atomic E-state index is -1.00. The number of imide groups is 1. The van der Waals surface area contributed by atoms with Crippen molar-refractivity contribution in [3.8, 4) is 0 Å².